The summed E-state index contributed by atoms with van der Waals surface area (Å²) in [6.45, 7) is 6.56. The average molecular weight is 817 g/mol. The van der Waals surface area contributed by atoms with E-state index in [-0.39, 0.29) is 28.0 Å². The van der Waals surface area contributed by atoms with Gasteiger partial charge >= 0.3 is 6.36 Å². The second-order valence-electron chi connectivity index (χ2n) is 13.5. The van der Waals surface area contributed by atoms with Crippen LogP contribution in [0, 0.1) is 12.8 Å². The topological polar surface area (TPSA) is 162 Å². The molecule has 0 atom stereocenters. The Bertz CT molecular complexity index is 2210. The number of carbonyl (C=O) groups excluding carboxylic acids is 2. The summed E-state index contributed by atoms with van der Waals surface area (Å²) in [5, 5.41) is 5.56. The molecular formula is C39H43F3N4O8S2. The standard InChI is InChI=1S/C32H35F3N4O5S.C7H8O3S/c1-2-19-45(42,43)39-17-15-38(16-18-39)21-22-3-11-26(12-4-22)36-30(40)24-7-5-23(6-8-24)28-20-27(37-31(41)25-9-10-25)13-14-29(28)44-32(33,34)35;1-6-2-4-7(5-3-6)11(8,9)10/h3-8,11-14,20,25H,2,9-10,15-19,21H2,1H3,(H,36,40)(H,37,41);2-5H,1H3,(H,8,9,10). The summed E-state index contributed by atoms with van der Waals surface area (Å²) < 4.78 is 99.2. The molecule has 2 aliphatic rings. The van der Waals surface area contributed by atoms with Gasteiger partial charge in [-0.3, -0.25) is 19.0 Å². The summed E-state index contributed by atoms with van der Waals surface area (Å²) in [6.07, 6.45) is -2.74. The number of halogens is 3. The number of aryl methyl sites for hydroxylation is 1. The Hall–Kier alpha value is -4.81. The highest BCUT2D eigenvalue weighted by atomic mass is 32.2. The highest BCUT2D eigenvalue weighted by Crippen LogP contribution is 2.37. The number of benzene rings is 4. The molecule has 56 heavy (non-hydrogen) atoms. The molecule has 12 nitrogen and oxygen atoms in total. The van der Waals surface area contributed by atoms with Gasteiger partial charge in [0.25, 0.3) is 16.0 Å². The van der Waals surface area contributed by atoms with E-state index in [4.69, 9.17) is 4.55 Å². The summed E-state index contributed by atoms with van der Waals surface area (Å²) in [7, 11) is -7.22. The van der Waals surface area contributed by atoms with Crippen LogP contribution in [0.15, 0.2) is 95.9 Å². The molecule has 1 saturated heterocycles. The Kier molecular flexibility index (Phi) is 13.6. The Morgan fingerprint density at radius 1 is 0.821 bits per heavy atom. The highest BCUT2D eigenvalue weighted by Gasteiger charge is 2.33. The van der Waals surface area contributed by atoms with E-state index in [0.29, 0.717) is 61.6 Å². The van der Waals surface area contributed by atoms with Gasteiger partial charge in [-0.15, -0.1) is 13.2 Å². The third-order valence-electron chi connectivity index (χ3n) is 9.00. The maximum Gasteiger partial charge on any atom is 0.573 e. The zero-order valence-corrected chi connectivity index (χ0v) is 32.4. The van der Waals surface area contributed by atoms with E-state index in [1.54, 1.807) is 28.6 Å². The van der Waals surface area contributed by atoms with Crippen molar-refractivity contribution >= 4 is 43.3 Å². The summed E-state index contributed by atoms with van der Waals surface area (Å²) >= 11 is 0. The summed E-state index contributed by atoms with van der Waals surface area (Å²) in [4.78, 5) is 27.2. The van der Waals surface area contributed by atoms with Gasteiger partial charge in [0.15, 0.2) is 0 Å². The zero-order chi connectivity index (χ0) is 40.7. The summed E-state index contributed by atoms with van der Waals surface area (Å²) in [5.74, 6) is -0.905. The number of amides is 2. The molecule has 0 aromatic heterocycles. The number of carbonyl (C=O) groups is 2. The number of hydrogen-bond donors (Lipinski definition) is 3. The minimum absolute atomic E-state index is 0.0666. The smallest absolute Gasteiger partial charge is 0.405 e. The SMILES string of the molecule is CCCS(=O)(=O)N1CCN(Cc2ccc(NC(=O)c3ccc(-c4cc(NC(=O)C5CC5)ccc4OC(F)(F)F)cc3)cc2)CC1.Cc1ccc(S(=O)(=O)O)cc1. The fourth-order valence-corrected chi connectivity index (χ4v) is 7.83. The van der Waals surface area contributed by atoms with Gasteiger partial charge in [-0.2, -0.15) is 12.7 Å². The number of nitrogens with one attached hydrogen (secondary N) is 2. The van der Waals surface area contributed by atoms with E-state index >= 15 is 0 Å². The van der Waals surface area contributed by atoms with Crippen LogP contribution in [0.4, 0.5) is 24.5 Å². The van der Waals surface area contributed by atoms with E-state index < -0.39 is 38.2 Å². The molecule has 1 heterocycles. The van der Waals surface area contributed by atoms with Gasteiger partial charge in [0, 0.05) is 61.1 Å². The van der Waals surface area contributed by atoms with E-state index in [9.17, 15) is 39.6 Å². The number of ether oxygens (including phenoxy) is 1. The van der Waals surface area contributed by atoms with Crippen LogP contribution in [-0.2, 0) is 31.5 Å². The van der Waals surface area contributed by atoms with Crippen LogP contribution in [0.25, 0.3) is 11.1 Å². The number of alkyl halides is 3. The molecule has 0 bridgehead atoms. The van der Waals surface area contributed by atoms with Gasteiger partial charge in [-0.25, -0.2) is 8.42 Å². The fraction of sp³-hybridized carbons (Fsp3) is 0.333. The maximum absolute atomic E-state index is 13.1. The quantitative estimate of drug-likeness (QED) is 0.129. The van der Waals surface area contributed by atoms with Crippen molar-refractivity contribution in [2.75, 3.05) is 42.6 Å². The maximum atomic E-state index is 13.1. The molecule has 0 radical (unpaired) electrons. The van der Waals surface area contributed by atoms with Gasteiger partial charge < -0.3 is 15.4 Å². The van der Waals surface area contributed by atoms with Crippen LogP contribution in [-0.4, -0.2) is 80.7 Å². The monoisotopic (exact) mass is 816 g/mol. The Balaban J connectivity index is 0.000000470. The fourth-order valence-electron chi connectivity index (χ4n) is 5.86. The van der Waals surface area contributed by atoms with E-state index in [1.807, 2.05) is 26.0 Å². The first kappa shape index (κ1) is 42.3. The minimum Gasteiger partial charge on any atom is -0.405 e. The van der Waals surface area contributed by atoms with Crippen molar-refractivity contribution < 1.29 is 48.9 Å². The number of nitrogens with zero attached hydrogens (tertiary/aromatic N) is 2. The van der Waals surface area contributed by atoms with Crippen molar-refractivity contribution in [3.8, 4) is 16.9 Å². The average Bonchev–Trinajstić information content (AvgIpc) is 3.99. The van der Waals surface area contributed by atoms with Crippen LogP contribution in [0.5, 0.6) is 5.75 Å². The van der Waals surface area contributed by atoms with Crippen molar-refractivity contribution in [3.63, 3.8) is 0 Å². The van der Waals surface area contributed by atoms with E-state index in [0.717, 1.165) is 30.0 Å². The van der Waals surface area contributed by atoms with Gasteiger partial charge in [-0.05, 0) is 91.9 Å². The molecule has 1 saturated carbocycles. The molecule has 0 spiro atoms. The zero-order valence-electron chi connectivity index (χ0n) is 30.8. The molecule has 0 unspecified atom stereocenters. The normalized spacial score (nSPS) is 15.3. The number of sulfonamides is 1. The lowest BCUT2D eigenvalue weighted by molar-refractivity contribution is -0.274. The third kappa shape index (κ3) is 12.3. The largest absolute Gasteiger partial charge is 0.573 e. The molecule has 2 amide bonds. The summed E-state index contributed by atoms with van der Waals surface area (Å²) in [5.41, 5.74) is 3.70. The van der Waals surface area contributed by atoms with Crippen molar-refractivity contribution in [1.29, 1.82) is 0 Å². The number of anilines is 2. The molecule has 1 aliphatic carbocycles. The number of hydrogen-bond acceptors (Lipinski definition) is 8. The van der Waals surface area contributed by atoms with Crippen molar-refractivity contribution in [1.82, 2.24) is 9.21 Å². The third-order valence-corrected chi connectivity index (χ3v) is 11.9. The van der Waals surface area contributed by atoms with Crippen molar-refractivity contribution in [2.24, 2.45) is 5.92 Å². The first-order valence-corrected chi connectivity index (χ1v) is 20.9. The van der Waals surface area contributed by atoms with Crippen LogP contribution >= 0.6 is 0 Å². The molecule has 2 fully saturated rings. The molecular weight excluding hydrogens is 774 g/mol. The summed E-state index contributed by atoms with van der Waals surface area (Å²) in [6, 6.07) is 23.4. The number of rotatable bonds is 12. The van der Waals surface area contributed by atoms with Crippen LogP contribution in [0.2, 0.25) is 0 Å². The van der Waals surface area contributed by atoms with Gasteiger partial charge in [-0.1, -0.05) is 48.9 Å². The lowest BCUT2D eigenvalue weighted by atomic mass is 10.0. The first-order chi connectivity index (χ1) is 26.4. The molecule has 300 valence electrons. The predicted octanol–water partition coefficient (Wildman–Crippen LogP) is 6.95. The second-order valence-corrected chi connectivity index (χ2v) is 17.0. The minimum atomic E-state index is -4.91. The first-order valence-electron chi connectivity index (χ1n) is 17.9. The van der Waals surface area contributed by atoms with Gasteiger partial charge in [0.1, 0.15) is 5.75 Å². The van der Waals surface area contributed by atoms with Crippen LogP contribution in [0.1, 0.15) is 47.7 Å². The molecule has 17 heteroatoms. The molecule has 3 N–H and O–H groups in total. The number of piperazine rings is 1. The van der Waals surface area contributed by atoms with Gasteiger partial charge in [0.2, 0.25) is 15.9 Å². The highest BCUT2D eigenvalue weighted by molar-refractivity contribution is 7.89. The Morgan fingerprint density at radius 3 is 1.98 bits per heavy atom. The van der Waals surface area contributed by atoms with Crippen molar-refractivity contribution in [3.05, 3.63) is 108 Å². The van der Waals surface area contributed by atoms with Gasteiger partial charge in [0.05, 0.1) is 10.6 Å². The van der Waals surface area contributed by atoms with Crippen LogP contribution < -0.4 is 15.4 Å². The Morgan fingerprint density at radius 2 is 1.43 bits per heavy atom. The molecule has 4 aromatic rings. The molecule has 4 aromatic carbocycles. The van der Waals surface area contributed by atoms with Crippen molar-refractivity contribution in [2.45, 2.75) is 50.9 Å². The van der Waals surface area contributed by atoms with Crippen LogP contribution in [0.3, 0.4) is 0 Å². The predicted molar refractivity (Wildman–Crippen MR) is 206 cm³/mol. The van der Waals surface area contributed by atoms with E-state index in [1.165, 1.54) is 48.5 Å². The second kappa shape index (κ2) is 18.0. The molecule has 1 aliphatic heterocycles. The van der Waals surface area contributed by atoms with E-state index in [2.05, 4.69) is 20.3 Å². The molecule has 6 rings (SSSR count). The Labute approximate surface area is 324 Å². The lowest BCUT2D eigenvalue weighted by Crippen LogP contribution is -2.48. The lowest BCUT2D eigenvalue weighted by Gasteiger charge is -2.34.